The lowest BCUT2D eigenvalue weighted by atomic mass is 10.2. The molecular formula is C11H11N5. The Morgan fingerprint density at radius 1 is 1.38 bits per heavy atom. The molecule has 0 atom stereocenters. The zero-order valence-electron chi connectivity index (χ0n) is 8.81. The van der Waals surface area contributed by atoms with E-state index in [1.807, 2.05) is 31.4 Å². The van der Waals surface area contributed by atoms with Gasteiger partial charge in [-0.05, 0) is 18.2 Å². The van der Waals surface area contributed by atoms with Crippen LogP contribution in [0.3, 0.4) is 0 Å². The topological polar surface area (TPSA) is 72.5 Å². The molecule has 3 rings (SSSR count). The van der Waals surface area contributed by atoms with E-state index in [4.69, 9.17) is 5.73 Å². The van der Waals surface area contributed by atoms with Gasteiger partial charge in [-0.3, -0.25) is 4.68 Å². The second-order valence-corrected chi connectivity index (χ2v) is 3.76. The molecule has 0 saturated carbocycles. The average molecular weight is 213 g/mol. The molecule has 5 nitrogen and oxygen atoms in total. The third-order valence-corrected chi connectivity index (χ3v) is 2.48. The van der Waals surface area contributed by atoms with Gasteiger partial charge in [0.25, 0.3) is 0 Å². The molecular weight excluding hydrogens is 202 g/mol. The van der Waals surface area contributed by atoms with E-state index in [1.165, 1.54) is 0 Å². The Morgan fingerprint density at radius 3 is 3.00 bits per heavy atom. The molecule has 16 heavy (non-hydrogen) atoms. The molecule has 0 aromatic carbocycles. The summed E-state index contributed by atoms with van der Waals surface area (Å²) in [5, 5.41) is 5.33. The summed E-state index contributed by atoms with van der Waals surface area (Å²) < 4.78 is 1.77. The number of nitrogens with one attached hydrogen (secondary N) is 1. The molecule has 0 aliphatic carbocycles. The number of anilines is 1. The second-order valence-electron chi connectivity index (χ2n) is 3.76. The maximum atomic E-state index is 5.68. The molecule has 0 amide bonds. The third kappa shape index (κ3) is 1.33. The first kappa shape index (κ1) is 8.96. The van der Waals surface area contributed by atoms with Crippen LogP contribution in [0.2, 0.25) is 0 Å². The van der Waals surface area contributed by atoms with E-state index in [0.29, 0.717) is 5.69 Å². The lowest BCUT2D eigenvalue weighted by molar-refractivity contribution is 0.770. The lowest BCUT2D eigenvalue weighted by Gasteiger charge is -1.90. The highest BCUT2D eigenvalue weighted by Crippen LogP contribution is 2.22. The number of aromatic nitrogens is 4. The van der Waals surface area contributed by atoms with Crippen molar-refractivity contribution in [2.24, 2.45) is 7.05 Å². The molecule has 0 unspecified atom stereocenters. The van der Waals surface area contributed by atoms with Gasteiger partial charge < -0.3 is 10.7 Å². The predicted octanol–water partition coefficient (Wildman–Crippen LogP) is 1.55. The minimum absolute atomic E-state index is 0.666. The molecule has 3 N–H and O–H groups in total. The normalized spacial score (nSPS) is 11.1. The number of hydrogen-bond donors (Lipinski definition) is 2. The van der Waals surface area contributed by atoms with Crippen LogP contribution in [0.5, 0.6) is 0 Å². The highest BCUT2D eigenvalue weighted by molar-refractivity contribution is 5.84. The largest absolute Gasteiger partial charge is 0.397 e. The van der Waals surface area contributed by atoms with Crippen molar-refractivity contribution in [1.82, 2.24) is 19.7 Å². The Kier molecular flexibility index (Phi) is 1.73. The van der Waals surface area contributed by atoms with Gasteiger partial charge in [-0.25, -0.2) is 4.98 Å². The summed E-state index contributed by atoms with van der Waals surface area (Å²) >= 11 is 0. The minimum Gasteiger partial charge on any atom is -0.397 e. The van der Waals surface area contributed by atoms with Gasteiger partial charge in [-0.2, -0.15) is 5.10 Å². The van der Waals surface area contributed by atoms with Crippen molar-refractivity contribution < 1.29 is 0 Å². The molecule has 0 bridgehead atoms. The Labute approximate surface area is 91.9 Å². The van der Waals surface area contributed by atoms with Crippen molar-refractivity contribution in [3.63, 3.8) is 0 Å². The van der Waals surface area contributed by atoms with Crippen molar-refractivity contribution in [1.29, 1.82) is 0 Å². The Balaban J connectivity index is 2.18. The van der Waals surface area contributed by atoms with Gasteiger partial charge in [0.2, 0.25) is 0 Å². The average Bonchev–Trinajstić information content (AvgIpc) is 2.83. The Bertz CT molecular complexity index is 649. The molecule has 3 aromatic rings. The molecule has 3 aromatic heterocycles. The standard InChI is InChI=1S/C11H11N5/c1-16-3-2-9(15-16)10-5-7-4-8(12)6-13-11(7)14-10/h2-6H,12H2,1H3,(H,13,14). The zero-order valence-corrected chi connectivity index (χ0v) is 8.81. The Morgan fingerprint density at radius 2 is 2.25 bits per heavy atom. The highest BCUT2D eigenvalue weighted by atomic mass is 15.2. The number of nitrogen functional groups attached to an aromatic ring is 1. The Hall–Kier alpha value is -2.30. The first-order valence-electron chi connectivity index (χ1n) is 4.96. The molecule has 0 spiro atoms. The van der Waals surface area contributed by atoms with Crippen LogP contribution in [0.15, 0.2) is 30.6 Å². The first-order chi connectivity index (χ1) is 7.72. The number of nitrogens with zero attached hydrogens (tertiary/aromatic N) is 3. The first-order valence-corrected chi connectivity index (χ1v) is 4.96. The fourth-order valence-corrected chi connectivity index (χ4v) is 1.73. The summed E-state index contributed by atoms with van der Waals surface area (Å²) in [6.45, 7) is 0. The van der Waals surface area contributed by atoms with Gasteiger partial charge in [-0.15, -0.1) is 0 Å². The van der Waals surface area contributed by atoms with Crippen molar-refractivity contribution in [3.05, 3.63) is 30.6 Å². The number of rotatable bonds is 1. The lowest BCUT2D eigenvalue weighted by Crippen LogP contribution is -1.87. The van der Waals surface area contributed by atoms with Crippen molar-refractivity contribution in [3.8, 4) is 11.4 Å². The van der Waals surface area contributed by atoms with Crippen LogP contribution in [0, 0.1) is 0 Å². The molecule has 80 valence electrons. The molecule has 0 fully saturated rings. The number of pyridine rings is 1. The zero-order chi connectivity index (χ0) is 11.1. The molecule has 0 saturated heterocycles. The SMILES string of the molecule is Cn1ccc(-c2cc3cc(N)cnc3[nH]2)n1. The number of fused-ring (bicyclic) bond motifs is 1. The highest BCUT2D eigenvalue weighted by Gasteiger charge is 2.06. The molecule has 0 aliphatic heterocycles. The molecule has 0 aliphatic rings. The van der Waals surface area contributed by atoms with E-state index in [-0.39, 0.29) is 0 Å². The van der Waals surface area contributed by atoms with Crippen LogP contribution in [0.25, 0.3) is 22.4 Å². The maximum absolute atomic E-state index is 5.68. The smallest absolute Gasteiger partial charge is 0.137 e. The fraction of sp³-hybridized carbons (Fsp3) is 0.0909. The maximum Gasteiger partial charge on any atom is 0.137 e. The number of nitrogens with two attached hydrogens (primary N) is 1. The van der Waals surface area contributed by atoms with Crippen LogP contribution in [-0.2, 0) is 7.05 Å². The van der Waals surface area contributed by atoms with Crippen LogP contribution >= 0.6 is 0 Å². The molecule has 5 heteroatoms. The van der Waals surface area contributed by atoms with Gasteiger partial charge in [-0.1, -0.05) is 0 Å². The van der Waals surface area contributed by atoms with Crippen LogP contribution in [-0.4, -0.2) is 19.7 Å². The van der Waals surface area contributed by atoms with Crippen molar-refractivity contribution in [2.75, 3.05) is 5.73 Å². The van der Waals surface area contributed by atoms with Crippen molar-refractivity contribution in [2.45, 2.75) is 0 Å². The molecule has 3 heterocycles. The van der Waals surface area contributed by atoms with E-state index >= 15 is 0 Å². The third-order valence-electron chi connectivity index (χ3n) is 2.48. The van der Waals surface area contributed by atoms with Gasteiger partial charge in [0.1, 0.15) is 11.3 Å². The predicted molar refractivity (Wildman–Crippen MR) is 62.7 cm³/mol. The van der Waals surface area contributed by atoms with Gasteiger partial charge in [0.15, 0.2) is 0 Å². The summed E-state index contributed by atoms with van der Waals surface area (Å²) in [5.41, 5.74) is 9.03. The van der Waals surface area contributed by atoms with Gasteiger partial charge in [0, 0.05) is 18.6 Å². The summed E-state index contributed by atoms with van der Waals surface area (Å²) in [7, 11) is 1.89. The van der Waals surface area contributed by atoms with Crippen LogP contribution in [0.4, 0.5) is 5.69 Å². The summed E-state index contributed by atoms with van der Waals surface area (Å²) in [5.74, 6) is 0. The van der Waals surface area contributed by atoms with Crippen molar-refractivity contribution >= 4 is 16.7 Å². The van der Waals surface area contributed by atoms with E-state index in [2.05, 4.69) is 15.1 Å². The van der Waals surface area contributed by atoms with E-state index in [9.17, 15) is 0 Å². The van der Waals surface area contributed by atoms with E-state index in [1.54, 1.807) is 10.9 Å². The van der Waals surface area contributed by atoms with Crippen LogP contribution < -0.4 is 5.73 Å². The van der Waals surface area contributed by atoms with Gasteiger partial charge >= 0.3 is 0 Å². The fourth-order valence-electron chi connectivity index (χ4n) is 1.73. The van der Waals surface area contributed by atoms with E-state index in [0.717, 1.165) is 22.4 Å². The van der Waals surface area contributed by atoms with Crippen LogP contribution in [0.1, 0.15) is 0 Å². The number of hydrogen-bond acceptors (Lipinski definition) is 3. The number of aryl methyl sites for hydroxylation is 1. The summed E-state index contributed by atoms with van der Waals surface area (Å²) in [6, 6.07) is 5.85. The number of H-pyrrole nitrogens is 1. The number of aromatic amines is 1. The second kappa shape index (κ2) is 3.10. The quantitative estimate of drug-likeness (QED) is 0.644. The minimum atomic E-state index is 0.666. The summed E-state index contributed by atoms with van der Waals surface area (Å²) in [4.78, 5) is 7.43. The van der Waals surface area contributed by atoms with Gasteiger partial charge in [0.05, 0.1) is 17.6 Å². The summed E-state index contributed by atoms with van der Waals surface area (Å²) in [6.07, 6.45) is 3.55. The van der Waals surface area contributed by atoms with E-state index < -0.39 is 0 Å². The monoisotopic (exact) mass is 213 g/mol. The molecule has 0 radical (unpaired) electrons.